The number of rotatable bonds is 5. The molecule has 0 bridgehead atoms. The molecule has 1 aromatic heterocycles. The lowest BCUT2D eigenvalue weighted by atomic mass is 10.1. The predicted octanol–water partition coefficient (Wildman–Crippen LogP) is 3.32. The predicted molar refractivity (Wildman–Crippen MR) is 82.0 cm³/mol. The molecule has 3 N–H and O–H groups in total. The molecule has 0 aliphatic heterocycles. The average Bonchev–Trinajstić information content (AvgIpc) is 2.84. The number of benzene rings is 1. The minimum atomic E-state index is 0.0420. The van der Waals surface area contributed by atoms with E-state index in [-0.39, 0.29) is 5.84 Å². The van der Waals surface area contributed by atoms with Crippen LogP contribution in [0.4, 0.5) is 0 Å². The molecule has 0 spiro atoms. The number of halogens is 1. The Morgan fingerprint density at radius 3 is 2.74 bits per heavy atom. The van der Waals surface area contributed by atoms with Crippen LogP contribution in [0, 0.1) is 5.41 Å². The van der Waals surface area contributed by atoms with E-state index in [1.54, 1.807) is 17.4 Å². The van der Waals surface area contributed by atoms with E-state index in [1.807, 2.05) is 12.1 Å². The van der Waals surface area contributed by atoms with Gasteiger partial charge in [-0.15, -0.1) is 11.3 Å². The molecule has 0 fully saturated rings. The summed E-state index contributed by atoms with van der Waals surface area (Å²) >= 11 is 7.98. The molecular weight excluding hydrogens is 278 g/mol. The molecule has 3 nitrogen and oxygen atoms in total. The molecule has 0 amide bonds. The van der Waals surface area contributed by atoms with Crippen LogP contribution in [0.25, 0.3) is 0 Å². The number of hydrogen-bond acceptors (Lipinski definition) is 3. The first-order valence-electron chi connectivity index (χ1n) is 5.90. The van der Waals surface area contributed by atoms with E-state index >= 15 is 0 Å². The van der Waals surface area contributed by atoms with Crippen molar-refractivity contribution in [1.29, 1.82) is 5.41 Å². The first kappa shape index (κ1) is 14.1. The van der Waals surface area contributed by atoms with Gasteiger partial charge in [0.15, 0.2) is 0 Å². The average molecular weight is 294 g/mol. The highest BCUT2D eigenvalue weighted by Gasteiger charge is 2.07. The molecule has 0 aliphatic carbocycles. The lowest BCUT2D eigenvalue weighted by molar-refractivity contribution is 0.322. The molecule has 1 aromatic carbocycles. The number of amidine groups is 1. The van der Waals surface area contributed by atoms with Crippen molar-refractivity contribution in [3.8, 4) is 0 Å². The molecule has 1 heterocycles. The molecule has 0 radical (unpaired) electrons. The third kappa shape index (κ3) is 3.80. The lowest BCUT2D eigenvalue weighted by Crippen LogP contribution is -2.17. The summed E-state index contributed by atoms with van der Waals surface area (Å²) in [4.78, 5) is 3.54. The van der Waals surface area contributed by atoms with E-state index in [4.69, 9.17) is 22.7 Å². The van der Waals surface area contributed by atoms with Gasteiger partial charge in [0.25, 0.3) is 0 Å². The van der Waals surface area contributed by atoms with Crippen molar-refractivity contribution in [3.63, 3.8) is 0 Å². The summed E-state index contributed by atoms with van der Waals surface area (Å²) in [5, 5.41) is 10.1. The van der Waals surface area contributed by atoms with Crippen molar-refractivity contribution >= 4 is 28.8 Å². The maximum atomic E-state index is 7.38. The summed E-state index contributed by atoms with van der Waals surface area (Å²) in [5.74, 6) is 0.0420. The maximum absolute atomic E-state index is 7.38. The van der Waals surface area contributed by atoms with Crippen LogP contribution < -0.4 is 5.73 Å². The minimum Gasteiger partial charge on any atom is -0.384 e. The summed E-state index contributed by atoms with van der Waals surface area (Å²) in [6.07, 6.45) is 0. The third-order valence-electron chi connectivity index (χ3n) is 2.81. The molecule has 19 heavy (non-hydrogen) atoms. The quantitative estimate of drug-likeness (QED) is 0.656. The zero-order chi connectivity index (χ0) is 13.8. The Kier molecular flexibility index (Phi) is 4.58. The first-order valence-corrected chi connectivity index (χ1v) is 7.16. The smallest absolute Gasteiger partial charge is 0.122 e. The first-order chi connectivity index (χ1) is 9.06. The Morgan fingerprint density at radius 1 is 1.37 bits per heavy atom. The molecule has 0 saturated heterocycles. The lowest BCUT2D eigenvalue weighted by Gasteiger charge is -2.17. The van der Waals surface area contributed by atoms with Crippen LogP contribution in [-0.2, 0) is 13.1 Å². The zero-order valence-corrected chi connectivity index (χ0v) is 12.3. The Hall–Kier alpha value is -1.36. The molecule has 0 saturated carbocycles. The van der Waals surface area contributed by atoms with Gasteiger partial charge in [0.1, 0.15) is 5.84 Å². The van der Waals surface area contributed by atoms with Crippen molar-refractivity contribution in [3.05, 3.63) is 56.7 Å². The topological polar surface area (TPSA) is 53.1 Å². The fourth-order valence-corrected chi connectivity index (χ4v) is 2.88. The fraction of sp³-hybridized carbons (Fsp3) is 0.214. The van der Waals surface area contributed by atoms with Crippen molar-refractivity contribution in [2.24, 2.45) is 5.73 Å². The van der Waals surface area contributed by atoms with Gasteiger partial charge in [-0.2, -0.15) is 0 Å². The largest absolute Gasteiger partial charge is 0.384 e. The molecule has 100 valence electrons. The van der Waals surface area contributed by atoms with Gasteiger partial charge in [-0.25, -0.2) is 0 Å². The zero-order valence-electron chi connectivity index (χ0n) is 10.7. The highest BCUT2D eigenvalue weighted by molar-refractivity contribution is 7.09. The van der Waals surface area contributed by atoms with Gasteiger partial charge in [0.05, 0.1) is 0 Å². The van der Waals surface area contributed by atoms with Crippen molar-refractivity contribution in [2.75, 3.05) is 7.05 Å². The highest BCUT2D eigenvalue weighted by Crippen LogP contribution is 2.20. The van der Waals surface area contributed by atoms with Gasteiger partial charge >= 0.3 is 0 Å². The Morgan fingerprint density at radius 2 is 2.16 bits per heavy atom. The number of nitrogen functional groups attached to an aromatic ring is 1. The third-order valence-corrected chi connectivity index (χ3v) is 4.02. The minimum absolute atomic E-state index is 0.0420. The van der Waals surface area contributed by atoms with Crippen LogP contribution in [-0.4, -0.2) is 17.8 Å². The summed E-state index contributed by atoms with van der Waals surface area (Å²) in [7, 11) is 2.06. The van der Waals surface area contributed by atoms with E-state index in [1.165, 1.54) is 4.88 Å². The highest BCUT2D eigenvalue weighted by atomic mass is 35.5. The van der Waals surface area contributed by atoms with E-state index in [0.717, 1.165) is 18.7 Å². The summed E-state index contributed by atoms with van der Waals surface area (Å²) in [6, 6.07) is 9.70. The van der Waals surface area contributed by atoms with E-state index in [2.05, 4.69) is 29.5 Å². The second-order valence-corrected chi connectivity index (χ2v) is 5.91. The van der Waals surface area contributed by atoms with Gasteiger partial charge < -0.3 is 5.73 Å². The Bertz CT molecular complexity index is 566. The van der Waals surface area contributed by atoms with E-state index in [9.17, 15) is 0 Å². The van der Waals surface area contributed by atoms with Crippen LogP contribution in [0.1, 0.15) is 16.0 Å². The Balaban J connectivity index is 2.04. The molecule has 2 rings (SSSR count). The van der Waals surface area contributed by atoms with Crippen LogP contribution in [0.5, 0.6) is 0 Å². The van der Waals surface area contributed by atoms with Crippen LogP contribution in [0.3, 0.4) is 0 Å². The molecule has 0 aliphatic rings. The standard InChI is InChI=1S/C14H16ClN3S/c1-18(9-12-3-2-6-19-12)8-11-5-4-10(14(16)17)7-13(11)15/h2-7H,8-9H2,1H3,(H3,16,17). The monoisotopic (exact) mass is 293 g/mol. The molecule has 2 aromatic rings. The van der Waals surface area contributed by atoms with E-state index in [0.29, 0.717) is 10.6 Å². The van der Waals surface area contributed by atoms with Gasteiger partial charge in [-0.3, -0.25) is 10.3 Å². The van der Waals surface area contributed by atoms with Crippen molar-refractivity contribution < 1.29 is 0 Å². The van der Waals surface area contributed by atoms with E-state index < -0.39 is 0 Å². The van der Waals surface area contributed by atoms with Crippen LogP contribution in [0.2, 0.25) is 5.02 Å². The van der Waals surface area contributed by atoms with Crippen molar-refractivity contribution in [1.82, 2.24) is 4.90 Å². The molecular formula is C14H16ClN3S. The fourth-order valence-electron chi connectivity index (χ4n) is 1.86. The number of nitrogens with zero attached hydrogens (tertiary/aromatic N) is 1. The molecule has 5 heteroatoms. The molecule has 0 atom stereocenters. The summed E-state index contributed by atoms with van der Waals surface area (Å²) < 4.78 is 0. The maximum Gasteiger partial charge on any atom is 0.122 e. The second-order valence-electron chi connectivity index (χ2n) is 4.47. The normalized spacial score (nSPS) is 10.9. The summed E-state index contributed by atoms with van der Waals surface area (Å²) in [6.45, 7) is 1.68. The van der Waals surface area contributed by atoms with Gasteiger partial charge in [0, 0.05) is 28.6 Å². The van der Waals surface area contributed by atoms with Gasteiger partial charge in [-0.05, 0) is 30.1 Å². The van der Waals surface area contributed by atoms with Crippen LogP contribution in [0.15, 0.2) is 35.7 Å². The van der Waals surface area contributed by atoms with Crippen LogP contribution >= 0.6 is 22.9 Å². The number of hydrogen-bond donors (Lipinski definition) is 2. The Labute approximate surface area is 122 Å². The second kappa shape index (κ2) is 6.19. The molecule has 0 unspecified atom stereocenters. The number of nitrogens with one attached hydrogen (secondary N) is 1. The van der Waals surface area contributed by atoms with Gasteiger partial charge in [-0.1, -0.05) is 29.8 Å². The van der Waals surface area contributed by atoms with Crippen molar-refractivity contribution in [2.45, 2.75) is 13.1 Å². The summed E-state index contributed by atoms with van der Waals surface area (Å²) in [5.41, 5.74) is 7.15. The SMILES string of the molecule is CN(Cc1cccs1)Cc1ccc(C(=N)N)cc1Cl. The number of thiophene rings is 1. The number of nitrogens with two attached hydrogens (primary N) is 1. The van der Waals surface area contributed by atoms with Gasteiger partial charge in [0.2, 0.25) is 0 Å².